The third-order valence-electron chi connectivity index (χ3n) is 1.73. The lowest BCUT2D eigenvalue weighted by Crippen LogP contribution is -2.38. The fourth-order valence-electron chi connectivity index (χ4n) is 1.13. The fraction of sp³-hybridized carbons (Fsp3) is 0. The van der Waals surface area contributed by atoms with Crippen LogP contribution in [-0.4, -0.2) is 14.6 Å². The van der Waals surface area contributed by atoms with Crippen LogP contribution < -0.4 is 22.5 Å². The zero-order valence-corrected chi connectivity index (χ0v) is 6.75. The van der Waals surface area contributed by atoms with Crippen molar-refractivity contribution in [2.75, 3.05) is 10.9 Å². The highest BCUT2D eigenvalue weighted by Crippen LogP contribution is 2.16. The van der Waals surface area contributed by atoms with Crippen molar-refractivity contribution < 1.29 is 0 Å². The molecule has 7 nitrogen and oxygen atoms in total. The van der Waals surface area contributed by atoms with E-state index >= 15 is 0 Å². The van der Waals surface area contributed by atoms with E-state index in [2.05, 4.69) is 10.1 Å². The largest absolute Gasteiger partial charge is 0.382 e. The third-order valence-corrected chi connectivity index (χ3v) is 1.73. The number of hydrazine groups is 2. The summed E-state index contributed by atoms with van der Waals surface area (Å²) in [5.41, 5.74) is 6.28. The van der Waals surface area contributed by atoms with E-state index in [0.29, 0.717) is 17.2 Å². The predicted molar refractivity (Wildman–Crippen MR) is 48.3 cm³/mol. The lowest BCUT2D eigenvalue weighted by Gasteiger charge is -2.09. The first-order chi connectivity index (χ1) is 6.20. The summed E-state index contributed by atoms with van der Waals surface area (Å²) in [4.78, 5) is 3.83. The molecule has 2 aromatic heterocycles. The molecule has 0 amide bonds. The van der Waals surface area contributed by atoms with Crippen LogP contribution in [0.4, 0.5) is 11.6 Å². The summed E-state index contributed by atoms with van der Waals surface area (Å²) < 4.78 is 1.52. The van der Waals surface area contributed by atoms with Gasteiger partial charge in [0.2, 0.25) is 0 Å². The Kier molecular flexibility index (Phi) is 1.54. The zero-order chi connectivity index (χ0) is 9.42. The Labute approximate surface area is 73.7 Å². The van der Waals surface area contributed by atoms with E-state index in [4.69, 9.17) is 17.4 Å². The molecule has 2 aromatic rings. The molecule has 0 saturated heterocycles. The number of aromatic nitrogens is 3. The van der Waals surface area contributed by atoms with Gasteiger partial charge in [0, 0.05) is 0 Å². The molecule has 0 aliphatic heterocycles. The van der Waals surface area contributed by atoms with Crippen LogP contribution >= 0.6 is 0 Å². The van der Waals surface area contributed by atoms with Gasteiger partial charge < -0.3 is 5.73 Å². The van der Waals surface area contributed by atoms with E-state index in [1.807, 2.05) is 0 Å². The van der Waals surface area contributed by atoms with Gasteiger partial charge in [-0.1, -0.05) is 0 Å². The number of nitrogens with two attached hydrogens (primary N) is 3. The molecule has 6 N–H and O–H groups in total. The minimum Gasteiger partial charge on any atom is -0.382 e. The molecule has 13 heavy (non-hydrogen) atoms. The van der Waals surface area contributed by atoms with Gasteiger partial charge in [0.25, 0.3) is 0 Å². The molecule has 0 fully saturated rings. The van der Waals surface area contributed by atoms with E-state index in [-0.39, 0.29) is 0 Å². The first kappa shape index (κ1) is 7.77. The standard InChI is InChI=1S/C6H9N7/c7-6-4-1-2-5(13(8)9)12(4)11-3-10-6/h1-3H,8-9H2,(H2,7,10,11). The summed E-state index contributed by atoms with van der Waals surface area (Å²) in [5.74, 6) is 11.7. The van der Waals surface area contributed by atoms with Crippen LogP contribution in [0.15, 0.2) is 18.5 Å². The number of hydrogen-bond donors (Lipinski definition) is 3. The third kappa shape index (κ3) is 1.06. The van der Waals surface area contributed by atoms with Crippen molar-refractivity contribution in [3.8, 4) is 0 Å². The molecule has 0 spiro atoms. The second-order valence-corrected chi connectivity index (χ2v) is 2.54. The Balaban J connectivity index is 2.75. The van der Waals surface area contributed by atoms with Crippen LogP contribution in [0.1, 0.15) is 0 Å². The SMILES string of the molecule is Nc1ncnn2c(N(N)N)ccc12. The molecule has 68 valence electrons. The van der Waals surface area contributed by atoms with Crippen molar-refractivity contribution in [3.63, 3.8) is 0 Å². The van der Waals surface area contributed by atoms with E-state index in [0.717, 1.165) is 5.12 Å². The molecule has 0 radical (unpaired) electrons. The van der Waals surface area contributed by atoms with Crippen LogP contribution in [0.3, 0.4) is 0 Å². The van der Waals surface area contributed by atoms with E-state index < -0.39 is 0 Å². The average molecular weight is 179 g/mol. The average Bonchev–Trinajstić information content (AvgIpc) is 2.48. The Bertz CT molecular complexity index is 431. The molecule has 2 heterocycles. The highest BCUT2D eigenvalue weighted by molar-refractivity contribution is 5.68. The Morgan fingerprint density at radius 1 is 1.31 bits per heavy atom. The molecule has 0 bridgehead atoms. The first-order valence-corrected chi connectivity index (χ1v) is 3.58. The zero-order valence-electron chi connectivity index (χ0n) is 6.75. The molecule has 0 atom stereocenters. The van der Waals surface area contributed by atoms with Gasteiger partial charge in [-0.25, -0.2) is 26.3 Å². The van der Waals surface area contributed by atoms with Gasteiger partial charge >= 0.3 is 0 Å². The van der Waals surface area contributed by atoms with Gasteiger partial charge in [0.15, 0.2) is 11.6 Å². The fourth-order valence-corrected chi connectivity index (χ4v) is 1.13. The van der Waals surface area contributed by atoms with Gasteiger partial charge in [-0.3, -0.25) is 0 Å². The minimum atomic E-state index is 0.392. The monoisotopic (exact) mass is 179 g/mol. The van der Waals surface area contributed by atoms with Crippen LogP contribution in [0.25, 0.3) is 5.52 Å². The van der Waals surface area contributed by atoms with E-state index in [1.54, 1.807) is 12.1 Å². The molecule has 7 heteroatoms. The van der Waals surface area contributed by atoms with Crippen molar-refractivity contribution in [3.05, 3.63) is 18.5 Å². The smallest absolute Gasteiger partial charge is 0.160 e. The number of nitrogens with zero attached hydrogens (tertiary/aromatic N) is 4. The highest BCUT2D eigenvalue weighted by atomic mass is 15.6. The molecule has 0 saturated carbocycles. The molecule has 0 aromatic carbocycles. The van der Waals surface area contributed by atoms with Crippen molar-refractivity contribution >= 4 is 17.2 Å². The van der Waals surface area contributed by atoms with Crippen LogP contribution in [0, 0.1) is 0 Å². The van der Waals surface area contributed by atoms with E-state index in [9.17, 15) is 0 Å². The topological polar surface area (TPSA) is 111 Å². The number of nitrogen functional groups attached to an aromatic ring is 1. The second kappa shape index (κ2) is 2.57. The molecular formula is C6H9N7. The quantitative estimate of drug-likeness (QED) is 0.377. The summed E-state index contributed by atoms with van der Waals surface area (Å²) in [7, 11) is 0. The van der Waals surface area contributed by atoms with Crippen LogP contribution in [0.5, 0.6) is 0 Å². The number of rotatable bonds is 1. The van der Waals surface area contributed by atoms with Gasteiger partial charge in [-0.2, -0.15) is 5.10 Å². The van der Waals surface area contributed by atoms with Gasteiger partial charge in [-0.05, 0) is 12.1 Å². The molecular weight excluding hydrogens is 170 g/mol. The molecule has 0 unspecified atom stereocenters. The van der Waals surface area contributed by atoms with Gasteiger partial charge in [-0.15, -0.1) is 0 Å². The highest BCUT2D eigenvalue weighted by Gasteiger charge is 2.07. The summed E-state index contributed by atoms with van der Waals surface area (Å²) in [6.07, 6.45) is 1.34. The minimum absolute atomic E-state index is 0.392. The molecule has 0 aliphatic carbocycles. The van der Waals surface area contributed by atoms with Crippen molar-refractivity contribution in [1.82, 2.24) is 14.6 Å². The normalized spacial score (nSPS) is 10.6. The summed E-state index contributed by atoms with van der Waals surface area (Å²) >= 11 is 0. The maximum Gasteiger partial charge on any atom is 0.160 e. The number of fused-ring (bicyclic) bond motifs is 1. The molecule has 2 rings (SSSR count). The van der Waals surface area contributed by atoms with Crippen molar-refractivity contribution in [1.29, 1.82) is 0 Å². The number of hydrogen-bond acceptors (Lipinski definition) is 6. The maximum atomic E-state index is 5.60. The number of anilines is 2. The Morgan fingerprint density at radius 3 is 2.77 bits per heavy atom. The molecule has 0 aliphatic rings. The maximum absolute atomic E-state index is 5.60. The summed E-state index contributed by atoms with van der Waals surface area (Å²) in [5, 5.41) is 4.92. The van der Waals surface area contributed by atoms with Gasteiger partial charge in [0.05, 0.1) is 0 Å². The first-order valence-electron chi connectivity index (χ1n) is 3.58. The van der Waals surface area contributed by atoms with Crippen molar-refractivity contribution in [2.24, 2.45) is 11.7 Å². The summed E-state index contributed by atoms with van der Waals surface area (Å²) in [6.45, 7) is 0. The van der Waals surface area contributed by atoms with Crippen LogP contribution in [0.2, 0.25) is 0 Å². The lowest BCUT2D eigenvalue weighted by molar-refractivity contribution is 0.823. The van der Waals surface area contributed by atoms with Crippen molar-refractivity contribution in [2.45, 2.75) is 0 Å². The Morgan fingerprint density at radius 2 is 2.08 bits per heavy atom. The summed E-state index contributed by atoms with van der Waals surface area (Å²) in [6, 6.07) is 3.46. The lowest BCUT2D eigenvalue weighted by atomic mass is 10.5. The van der Waals surface area contributed by atoms with E-state index in [1.165, 1.54) is 10.8 Å². The van der Waals surface area contributed by atoms with Crippen LogP contribution in [-0.2, 0) is 0 Å². The Hall–Kier alpha value is -1.86. The second-order valence-electron chi connectivity index (χ2n) is 2.54. The van der Waals surface area contributed by atoms with Gasteiger partial charge in [0.1, 0.15) is 11.8 Å². The predicted octanol–water partition coefficient (Wildman–Crippen LogP) is -1.13.